The van der Waals surface area contributed by atoms with Crippen LogP contribution in [0.4, 0.5) is 0 Å². The molecule has 0 radical (unpaired) electrons. The molecule has 0 aromatic carbocycles. The fraction of sp³-hybridized carbons (Fsp3) is 0.800. The molecule has 0 aromatic heterocycles. The van der Waals surface area contributed by atoms with Gasteiger partial charge < -0.3 is 10.0 Å². The van der Waals surface area contributed by atoms with E-state index in [9.17, 15) is 9.59 Å². The third-order valence-corrected chi connectivity index (χ3v) is 2.87. The summed E-state index contributed by atoms with van der Waals surface area (Å²) in [4.78, 5) is 23.8. The second-order valence-electron chi connectivity index (χ2n) is 4.12. The van der Waals surface area contributed by atoms with Crippen LogP contribution in [0.15, 0.2) is 0 Å². The van der Waals surface area contributed by atoms with Gasteiger partial charge in [0.2, 0.25) is 5.91 Å². The first-order chi connectivity index (χ1) is 6.52. The van der Waals surface area contributed by atoms with Crippen LogP contribution in [0, 0.1) is 11.8 Å². The maximum absolute atomic E-state index is 11.6. The number of rotatable bonds is 2. The maximum atomic E-state index is 11.6. The Balaban J connectivity index is 2.43. The summed E-state index contributed by atoms with van der Waals surface area (Å²) in [7, 11) is 3.48. The van der Waals surface area contributed by atoms with Crippen molar-refractivity contribution in [3.8, 4) is 0 Å². The highest BCUT2D eigenvalue weighted by Crippen LogP contribution is 2.29. The number of carboxylic acid groups (broad SMARTS) is 1. The van der Waals surface area contributed by atoms with E-state index in [0.29, 0.717) is 25.7 Å². The van der Waals surface area contributed by atoms with Crippen LogP contribution in [0.25, 0.3) is 0 Å². The average molecular weight is 199 g/mol. The largest absolute Gasteiger partial charge is 0.481 e. The lowest BCUT2D eigenvalue weighted by molar-refractivity contribution is -0.145. The zero-order valence-corrected chi connectivity index (χ0v) is 8.69. The Kier molecular flexibility index (Phi) is 3.49. The molecule has 0 atom stereocenters. The van der Waals surface area contributed by atoms with Gasteiger partial charge in [0.05, 0.1) is 5.92 Å². The van der Waals surface area contributed by atoms with Crippen LogP contribution >= 0.6 is 0 Å². The first kappa shape index (κ1) is 11.0. The van der Waals surface area contributed by atoms with Crippen molar-refractivity contribution in [1.29, 1.82) is 0 Å². The molecule has 0 bridgehead atoms. The Morgan fingerprint density at radius 2 is 1.50 bits per heavy atom. The van der Waals surface area contributed by atoms with Crippen LogP contribution in [-0.4, -0.2) is 36.0 Å². The molecule has 1 aliphatic rings. The average Bonchev–Trinajstić information content (AvgIpc) is 2.16. The van der Waals surface area contributed by atoms with E-state index in [4.69, 9.17) is 5.11 Å². The molecule has 1 rings (SSSR count). The van der Waals surface area contributed by atoms with Gasteiger partial charge in [-0.3, -0.25) is 9.59 Å². The van der Waals surface area contributed by atoms with Crippen molar-refractivity contribution in [2.24, 2.45) is 11.8 Å². The van der Waals surface area contributed by atoms with E-state index in [1.807, 2.05) is 0 Å². The molecule has 80 valence electrons. The van der Waals surface area contributed by atoms with E-state index in [-0.39, 0.29) is 17.7 Å². The smallest absolute Gasteiger partial charge is 0.306 e. The summed E-state index contributed by atoms with van der Waals surface area (Å²) >= 11 is 0. The van der Waals surface area contributed by atoms with Gasteiger partial charge >= 0.3 is 5.97 Å². The number of hydrogen-bond donors (Lipinski definition) is 1. The highest BCUT2D eigenvalue weighted by atomic mass is 16.4. The minimum absolute atomic E-state index is 0.0422. The summed E-state index contributed by atoms with van der Waals surface area (Å²) in [5, 5.41) is 8.78. The monoisotopic (exact) mass is 199 g/mol. The molecular weight excluding hydrogens is 182 g/mol. The van der Waals surface area contributed by atoms with Crippen molar-refractivity contribution < 1.29 is 14.7 Å². The van der Waals surface area contributed by atoms with Gasteiger partial charge in [0.1, 0.15) is 0 Å². The quantitative estimate of drug-likeness (QED) is 0.720. The molecule has 14 heavy (non-hydrogen) atoms. The van der Waals surface area contributed by atoms with Gasteiger partial charge in [-0.25, -0.2) is 0 Å². The molecule has 4 nitrogen and oxygen atoms in total. The van der Waals surface area contributed by atoms with Crippen molar-refractivity contribution in [3.05, 3.63) is 0 Å². The lowest BCUT2D eigenvalue weighted by Gasteiger charge is -2.27. The van der Waals surface area contributed by atoms with Crippen molar-refractivity contribution in [3.63, 3.8) is 0 Å². The fourth-order valence-electron chi connectivity index (χ4n) is 1.95. The predicted octanol–water partition coefficient (Wildman–Crippen LogP) is 0.966. The zero-order chi connectivity index (χ0) is 10.7. The summed E-state index contributed by atoms with van der Waals surface area (Å²) in [6.07, 6.45) is 2.71. The zero-order valence-electron chi connectivity index (χ0n) is 8.69. The lowest BCUT2D eigenvalue weighted by Crippen LogP contribution is -2.33. The summed E-state index contributed by atoms with van der Waals surface area (Å²) in [5.74, 6) is -0.781. The minimum atomic E-state index is -0.722. The molecule has 0 aliphatic heterocycles. The molecule has 0 spiro atoms. The number of aliphatic carboxylic acids is 1. The van der Waals surface area contributed by atoms with Gasteiger partial charge in [0, 0.05) is 20.0 Å². The molecule has 1 N–H and O–H groups in total. The normalized spacial score (nSPS) is 27.0. The Morgan fingerprint density at radius 1 is 1.07 bits per heavy atom. The van der Waals surface area contributed by atoms with Gasteiger partial charge in [-0.1, -0.05) is 0 Å². The maximum Gasteiger partial charge on any atom is 0.306 e. The summed E-state index contributed by atoms with van der Waals surface area (Å²) in [6.45, 7) is 0. The van der Waals surface area contributed by atoms with Crippen LogP contribution in [0.1, 0.15) is 25.7 Å². The molecule has 0 unspecified atom stereocenters. The van der Waals surface area contributed by atoms with Gasteiger partial charge in [0.15, 0.2) is 0 Å². The summed E-state index contributed by atoms with van der Waals surface area (Å²) in [6, 6.07) is 0. The highest BCUT2D eigenvalue weighted by molar-refractivity contribution is 5.79. The first-order valence-electron chi connectivity index (χ1n) is 4.96. The van der Waals surface area contributed by atoms with E-state index in [1.54, 1.807) is 19.0 Å². The van der Waals surface area contributed by atoms with Crippen molar-refractivity contribution in [1.82, 2.24) is 4.90 Å². The molecule has 0 saturated heterocycles. The van der Waals surface area contributed by atoms with E-state index in [1.165, 1.54) is 0 Å². The van der Waals surface area contributed by atoms with E-state index in [2.05, 4.69) is 0 Å². The number of carbonyl (C=O) groups is 2. The third-order valence-electron chi connectivity index (χ3n) is 2.87. The molecule has 1 fully saturated rings. The van der Waals surface area contributed by atoms with Gasteiger partial charge in [-0.15, -0.1) is 0 Å². The SMILES string of the molecule is CN(C)C(=O)C1CCC(C(=O)O)CC1. The number of carboxylic acids is 1. The van der Waals surface area contributed by atoms with Crippen molar-refractivity contribution in [2.45, 2.75) is 25.7 Å². The Labute approximate surface area is 83.9 Å². The summed E-state index contributed by atoms with van der Waals surface area (Å²) < 4.78 is 0. The Bertz CT molecular complexity index is 230. The van der Waals surface area contributed by atoms with Gasteiger partial charge in [0.25, 0.3) is 0 Å². The van der Waals surface area contributed by atoms with Crippen LogP contribution < -0.4 is 0 Å². The second kappa shape index (κ2) is 4.44. The predicted molar refractivity (Wildman–Crippen MR) is 51.8 cm³/mol. The molecule has 1 aliphatic carbocycles. The minimum Gasteiger partial charge on any atom is -0.481 e. The molecule has 0 aromatic rings. The Morgan fingerprint density at radius 3 is 1.86 bits per heavy atom. The Hall–Kier alpha value is -1.06. The van der Waals surface area contributed by atoms with E-state index in [0.717, 1.165) is 0 Å². The van der Waals surface area contributed by atoms with Crippen LogP contribution in [0.3, 0.4) is 0 Å². The first-order valence-corrected chi connectivity index (χ1v) is 4.96. The van der Waals surface area contributed by atoms with Crippen molar-refractivity contribution in [2.75, 3.05) is 14.1 Å². The number of carbonyl (C=O) groups excluding carboxylic acids is 1. The third kappa shape index (κ3) is 2.47. The second-order valence-corrected chi connectivity index (χ2v) is 4.12. The highest BCUT2D eigenvalue weighted by Gasteiger charge is 2.30. The molecule has 1 saturated carbocycles. The standard InChI is InChI=1S/C10H17NO3/c1-11(2)9(12)7-3-5-8(6-4-7)10(13)14/h7-8H,3-6H2,1-2H3,(H,13,14). The number of amides is 1. The van der Waals surface area contributed by atoms with E-state index >= 15 is 0 Å². The fourth-order valence-corrected chi connectivity index (χ4v) is 1.95. The summed E-state index contributed by atoms with van der Waals surface area (Å²) in [5.41, 5.74) is 0. The van der Waals surface area contributed by atoms with Crippen LogP contribution in [0.5, 0.6) is 0 Å². The van der Waals surface area contributed by atoms with Crippen LogP contribution in [-0.2, 0) is 9.59 Å². The molecule has 0 heterocycles. The topological polar surface area (TPSA) is 57.6 Å². The van der Waals surface area contributed by atoms with E-state index < -0.39 is 5.97 Å². The van der Waals surface area contributed by atoms with Crippen molar-refractivity contribution >= 4 is 11.9 Å². The number of hydrogen-bond acceptors (Lipinski definition) is 2. The number of nitrogens with zero attached hydrogens (tertiary/aromatic N) is 1. The molecule has 4 heteroatoms. The molecule has 1 amide bonds. The van der Waals surface area contributed by atoms with Gasteiger partial charge in [-0.05, 0) is 25.7 Å². The molecular formula is C10H17NO3. The lowest BCUT2D eigenvalue weighted by atomic mass is 9.81. The van der Waals surface area contributed by atoms with Gasteiger partial charge in [-0.2, -0.15) is 0 Å². The van der Waals surface area contributed by atoms with Crippen LogP contribution in [0.2, 0.25) is 0 Å².